The summed E-state index contributed by atoms with van der Waals surface area (Å²) in [6, 6.07) is 3.20. The first kappa shape index (κ1) is 16.6. The largest absolute Gasteiger partial charge is 0.480 e. The van der Waals surface area contributed by atoms with E-state index in [-0.39, 0.29) is 11.3 Å². The Balaban J connectivity index is 3.19. The summed E-state index contributed by atoms with van der Waals surface area (Å²) in [5.74, 6) is -1.96. The first-order valence-electron chi connectivity index (χ1n) is 6.33. The average Bonchev–Trinajstić information content (AvgIpc) is 2.32. The maximum Gasteiger partial charge on any atom is 0.326 e. The molecule has 0 heterocycles. The van der Waals surface area contributed by atoms with Crippen LogP contribution in [0.5, 0.6) is 0 Å². The lowest BCUT2D eigenvalue weighted by molar-refractivity contribution is -0.385. The van der Waals surface area contributed by atoms with E-state index in [2.05, 4.69) is 5.32 Å². The van der Waals surface area contributed by atoms with E-state index in [1.54, 1.807) is 20.8 Å². The van der Waals surface area contributed by atoms with Crippen LogP contribution < -0.4 is 5.32 Å². The second-order valence-electron chi connectivity index (χ2n) is 5.84. The first-order chi connectivity index (χ1) is 9.55. The summed E-state index contributed by atoms with van der Waals surface area (Å²) in [4.78, 5) is 33.9. The highest BCUT2D eigenvalue weighted by Crippen LogP contribution is 2.25. The zero-order valence-electron chi connectivity index (χ0n) is 12.3. The van der Waals surface area contributed by atoms with Crippen molar-refractivity contribution in [3.8, 4) is 0 Å². The van der Waals surface area contributed by atoms with Gasteiger partial charge in [0.1, 0.15) is 11.6 Å². The molecule has 0 bridgehead atoms. The lowest BCUT2D eigenvalue weighted by Gasteiger charge is -2.27. The van der Waals surface area contributed by atoms with Crippen LogP contribution in [-0.4, -0.2) is 27.9 Å². The molecule has 0 fully saturated rings. The Morgan fingerprint density at radius 3 is 2.33 bits per heavy atom. The molecule has 0 saturated carbocycles. The molecule has 1 amide bonds. The molecule has 21 heavy (non-hydrogen) atoms. The van der Waals surface area contributed by atoms with E-state index in [4.69, 9.17) is 0 Å². The number of amides is 1. The minimum atomic E-state index is -1.19. The Kier molecular flexibility index (Phi) is 4.67. The maximum absolute atomic E-state index is 12.2. The van der Waals surface area contributed by atoms with Crippen molar-refractivity contribution in [2.24, 2.45) is 5.41 Å². The van der Waals surface area contributed by atoms with Gasteiger partial charge in [-0.3, -0.25) is 14.9 Å². The monoisotopic (exact) mass is 294 g/mol. The SMILES string of the molecule is Cc1cccc(C(=O)N[C@H](C(=O)O)C(C)(C)C)c1[N+](=O)[O-]. The van der Waals surface area contributed by atoms with Crippen molar-refractivity contribution >= 4 is 17.6 Å². The summed E-state index contributed by atoms with van der Waals surface area (Å²) in [7, 11) is 0. The smallest absolute Gasteiger partial charge is 0.326 e. The topological polar surface area (TPSA) is 110 Å². The van der Waals surface area contributed by atoms with Gasteiger partial charge in [0, 0.05) is 5.56 Å². The first-order valence-corrected chi connectivity index (χ1v) is 6.33. The van der Waals surface area contributed by atoms with Gasteiger partial charge >= 0.3 is 5.97 Å². The number of aliphatic carboxylic acids is 1. The Morgan fingerprint density at radius 1 is 1.33 bits per heavy atom. The van der Waals surface area contributed by atoms with E-state index >= 15 is 0 Å². The van der Waals surface area contributed by atoms with Crippen LogP contribution in [0.4, 0.5) is 5.69 Å². The summed E-state index contributed by atoms with van der Waals surface area (Å²) < 4.78 is 0. The third kappa shape index (κ3) is 3.77. The van der Waals surface area contributed by atoms with Crippen LogP contribution in [0.1, 0.15) is 36.7 Å². The summed E-state index contributed by atoms with van der Waals surface area (Å²) in [6.07, 6.45) is 0. The number of rotatable bonds is 4. The zero-order valence-corrected chi connectivity index (χ0v) is 12.3. The third-order valence-corrected chi connectivity index (χ3v) is 3.05. The van der Waals surface area contributed by atoms with Crippen LogP contribution in [0.3, 0.4) is 0 Å². The number of hydrogen-bond acceptors (Lipinski definition) is 4. The number of carboxylic acids is 1. The second-order valence-corrected chi connectivity index (χ2v) is 5.84. The number of para-hydroxylation sites is 1. The minimum absolute atomic E-state index is 0.143. The predicted molar refractivity (Wildman–Crippen MR) is 76.2 cm³/mol. The normalized spacial score (nSPS) is 12.6. The van der Waals surface area contributed by atoms with E-state index < -0.39 is 28.3 Å². The molecule has 7 nitrogen and oxygen atoms in total. The minimum Gasteiger partial charge on any atom is -0.480 e. The van der Waals surface area contributed by atoms with Gasteiger partial charge in [0.05, 0.1) is 4.92 Å². The number of carbonyl (C=O) groups is 2. The van der Waals surface area contributed by atoms with Crippen LogP contribution in [0.15, 0.2) is 18.2 Å². The van der Waals surface area contributed by atoms with Crippen LogP contribution in [0.25, 0.3) is 0 Å². The number of nitro groups is 1. The average molecular weight is 294 g/mol. The quantitative estimate of drug-likeness (QED) is 0.653. The number of nitrogens with zero attached hydrogens (tertiary/aromatic N) is 1. The molecule has 0 spiro atoms. The molecule has 1 aromatic rings. The van der Waals surface area contributed by atoms with Crippen molar-refractivity contribution in [2.75, 3.05) is 0 Å². The van der Waals surface area contributed by atoms with Gasteiger partial charge in [-0.2, -0.15) is 0 Å². The molecule has 0 aliphatic carbocycles. The zero-order chi connectivity index (χ0) is 16.4. The van der Waals surface area contributed by atoms with Gasteiger partial charge in [0.25, 0.3) is 11.6 Å². The Labute approximate surface area is 122 Å². The van der Waals surface area contributed by atoms with E-state index in [1.165, 1.54) is 25.1 Å². The molecule has 114 valence electrons. The van der Waals surface area contributed by atoms with Crippen LogP contribution in [-0.2, 0) is 4.79 Å². The number of carboxylic acid groups (broad SMARTS) is 1. The van der Waals surface area contributed by atoms with Gasteiger partial charge in [-0.1, -0.05) is 32.9 Å². The predicted octanol–water partition coefficient (Wildman–Crippen LogP) is 2.13. The van der Waals surface area contributed by atoms with E-state index in [1.807, 2.05) is 0 Å². The number of nitrogens with one attached hydrogen (secondary N) is 1. The molecule has 1 atom stereocenters. The number of benzene rings is 1. The van der Waals surface area contributed by atoms with Crippen molar-refractivity contribution in [2.45, 2.75) is 33.7 Å². The molecule has 1 aromatic carbocycles. The fraction of sp³-hybridized carbons (Fsp3) is 0.429. The molecule has 2 N–H and O–H groups in total. The van der Waals surface area contributed by atoms with Gasteiger partial charge in [0.2, 0.25) is 0 Å². The van der Waals surface area contributed by atoms with Gasteiger partial charge in [-0.05, 0) is 18.4 Å². The fourth-order valence-electron chi connectivity index (χ4n) is 1.94. The number of hydrogen-bond donors (Lipinski definition) is 2. The maximum atomic E-state index is 12.2. The number of aryl methyl sites for hydroxylation is 1. The van der Waals surface area contributed by atoms with Crippen LogP contribution in [0, 0.1) is 22.5 Å². The third-order valence-electron chi connectivity index (χ3n) is 3.05. The molecule has 0 unspecified atom stereocenters. The Hall–Kier alpha value is -2.44. The fourth-order valence-corrected chi connectivity index (χ4v) is 1.94. The van der Waals surface area contributed by atoms with Gasteiger partial charge in [0.15, 0.2) is 0 Å². The summed E-state index contributed by atoms with van der Waals surface area (Å²) in [5.41, 5.74) is -0.834. The van der Waals surface area contributed by atoms with Crippen molar-refractivity contribution in [3.63, 3.8) is 0 Å². The lowest BCUT2D eigenvalue weighted by Crippen LogP contribution is -2.49. The highest BCUT2D eigenvalue weighted by molar-refractivity contribution is 6.00. The molecular formula is C14H18N2O5. The molecule has 1 rings (SSSR count). The summed E-state index contributed by atoms with van der Waals surface area (Å²) in [5, 5.41) is 22.6. The highest BCUT2D eigenvalue weighted by Gasteiger charge is 2.34. The molecule has 0 aromatic heterocycles. The second kappa shape index (κ2) is 5.90. The molecule has 7 heteroatoms. The standard InChI is InChI=1S/C14H18N2O5/c1-8-6-5-7-9(10(8)16(20)21)12(17)15-11(13(18)19)14(2,3)4/h5-7,11H,1-4H3,(H,15,17)(H,18,19)/t11-/m1/s1. The van der Waals surface area contributed by atoms with Gasteiger partial charge in [-0.15, -0.1) is 0 Å². The summed E-state index contributed by atoms with van der Waals surface area (Å²) >= 11 is 0. The molecule has 0 aliphatic rings. The molecular weight excluding hydrogens is 276 g/mol. The van der Waals surface area contributed by atoms with Crippen molar-refractivity contribution in [3.05, 3.63) is 39.4 Å². The highest BCUT2D eigenvalue weighted by atomic mass is 16.6. The van der Waals surface area contributed by atoms with Gasteiger partial charge < -0.3 is 10.4 Å². The van der Waals surface area contributed by atoms with Gasteiger partial charge in [-0.25, -0.2) is 4.79 Å². The summed E-state index contributed by atoms with van der Waals surface area (Å²) in [6.45, 7) is 6.51. The van der Waals surface area contributed by atoms with Crippen LogP contribution in [0.2, 0.25) is 0 Å². The Morgan fingerprint density at radius 2 is 1.90 bits per heavy atom. The Bertz CT molecular complexity index is 590. The molecule has 0 aliphatic heterocycles. The van der Waals surface area contributed by atoms with Crippen molar-refractivity contribution in [1.29, 1.82) is 0 Å². The van der Waals surface area contributed by atoms with E-state index in [0.717, 1.165) is 0 Å². The van der Waals surface area contributed by atoms with Crippen LogP contribution >= 0.6 is 0 Å². The molecule has 0 saturated heterocycles. The van der Waals surface area contributed by atoms with E-state index in [0.29, 0.717) is 5.56 Å². The van der Waals surface area contributed by atoms with E-state index in [9.17, 15) is 24.8 Å². The molecule has 0 radical (unpaired) electrons. The van der Waals surface area contributed by atoms with Crippen molar-refractivity contribution < 1.29 is 19.6 Å². The van der Waals surface area contributed by atoms with Crippen molar-refractivity contribution in [1.82, 2.24) is 5.32 Å². The number of carbonyl (C=O) groups excluding carboxylic acids is 1. The number of nitro benzene ring substituents is 1. The lowest BCUT2D eigenvalue weighted by atomic mass is 9.86.